The molecule has 9 heteroatoms. The Balaban J connectivity index is 2.22. The van der Waals surface area contributed by atoms with Gasteiger partial charge in [-0.3, -0.25) is 4.98 Å². The largest absolute Gasteiger partial charge is 0.388 e. The minimum Gasteiger partial charge on any atom is -0.388 e. The van der Waals surface area contributed by atoms with Gasteiger partial charge in [-0.15, -0.1) is 11.3 Å². The molecular weight excluding hydrogens is 394 g/mol. The molecule has 0 saturated carbocycles. The van der Waals surface area contributed by atoms with Crippen LogP contribution in [0.3, 0.4) is 0 Å². The molecule has 0 amide bonds. The monoisotopic (exact) mass is 405 g/mol. The fourth-order valence-electron chi connectivity index (χ4n) is 1.63. The lowest BCUT2D eigenvalue weighted by Gasteiger charge is -2.16. The van der Waals surface area contributed by atoms with E-state index in [0.29, 0.717) is 12.2 Å². The van der Waals surface area contributed by atoms with Crippen molar-refractivity contribution in [3.63, 3.8) is 0 Å². The first-order chi connectivity index (χ1) is 9.80. The summed E-state index contributed by atoms with van der Waals surface area (Å²) in [6.45, 7) is 0.293. The van der Waals surface area contributed by atoms with Crippen molar-refractivity contribution in [1.82, 2.24) is 9.29 Å². The van der Waals surface area contributed by atoms with Crippen LogP contribution in [0.15, 0.2) is 38.5 Å². The van der Waals surface area contributed by atoms with Crippen LogP contribution in [0.1, 0.15) is 11.3 Å². The first-order valence-electron chi connectivity index (χ1n) is 5.76. The standard InChI is InChI=1S/C12H12BrN3O2S3/c1-16(6-8-4-11(13)20-7-8)21(17,18)9-2-3-10(12(14)19)15-5-9/h2-5,7H,6H2,1H3,(H2,14,19). The van der Waals surface area contributed by atoms with Crippen molar-refractivity contribution in [3.8, 4) is 0 Å². The molecule has 21 heavy (non-hydrogen) atoms. The number of pyridine rings is 1. The zero-order chi connectivity index (χ0) is 15.6. The van der Waals surface area contributed by atoms with Gasteiger partial charge in [-0.1, -0.05) is 12.2 Å². The smallest absolute Gasteiger partial charge is 0.244 e. The lowest BCUT2D eigenvalue weighted by Crippen LogP contribution is -2.26. The fourth-order valence-corrected chi connectivity index (χ4v) is 4.06. The van der Waals surface area contributed by atoms with E-state index in [9.17, 15) is 8.42 Å². The molecule has 0 unspecified atom stereocenters. The summed E-state index contributed by atoms with van der Waals surface area (Å²) in [5.41, 5.74) is 6.76. The summed E-state index contributed by atoms with van der Waals surface area (Å²) in [5.74, 6) is 0. The molecule has 0 aliphatic heterocycles. The number of thiocarbonyl (C=S) groups is 1. The Hall–Kier alpha value is -0.870. The Morgan fingerprint density at radius 3 is 2.71 bits per heavy atom. The van der Waals surface area contributed by atoms with Gasteiger partial charge in [-0.25, -0.2) is 8.42 Å². The number of halogens is 1. The van der Waals surface area contributed by atoms with Crippen LogP contribution in [0, 0.1) is 0 Å². The summed E-state index contributed by atoms with van der Waals surface area (Å²) < 4.78 is 27.1. The third kappa shape index (κ3) is 3.86. The Kier molecular flexibility index (Phi) is 5.10. The van der Waals surface area contributed by atoms with E-state index in [4.69, 9.17) is 18.0 Å². The van der Waals surface area contributed by atoms with Crippen LogP contribution < -0.4 is 5.73 Å². The zero-order valence-corrected chi connectivity index (χ0v) is 15.0. The van der Waals surface area contributed by atoms with Crippen molar-refractivity contribution in [2.45, 2.75) is 11.4 Å². The van der Waals surface area contributed by atoms with Gasteiger partial charge in [0, 0.05) is 19.8 Å². The zero-order valence-electron chi connectivity index (χ0n) is 11.0. The summed E-state index contributed by atoms with van der Waals surface area (Å²) in [4.78, 5) is 4.21. The topological polar surface area (TPSA) is 76.3 Å². The van der Waals surface area contributed by atoms with Gasteiger partial charge >= 0.3 is 0 Å². The number of nitrogens with zero attached hydrogens (tertiary/aromatic N) is 2. The lowest BCUT2D eigenvalue weighted by molar-refractivity contribution is 0.467. The van der Waals surface area contributed by atoms with E-state index in [0.717, 1.165) is 9.35 Å². The molecule has 0 aliphatic carbocycles. The molecule has 2 aromatic heterocycles. The minimum atomic E-state index is -3.59. The first-order valence-corrected chi connectivity index (χ1v) is 9.28. The highest BCUT2D eigenvalue weighted by Gasteiger charge is 2.21. The summed E-state index contributed by atoms with van der Waals surface area (Å²) >= 11 is 9.66. The molecule has 2 rings (SSSR count). The van der Waals surface area contributed by atoms with Crippen molar-refractivity contribution in [2.75, 3.05) is 7.05 Å². The third-order valence-corrected chi connectivity index (χ3v) is 6.27. The number of hydrogen-bond donors (Lipinski definition) is 1. The molecule has 0 saturated heterocycles. The van der Waals surface area contributed by atoms with Crippen molar-refractivity contribution >= 4 is 54.5 Å². The molecule has 2 aromatic rings. The average Bonchev–Trinajstić information content (AvgIpc) is 2.84. The Bertz CT molecular complexity index is 756. The molecule has 0 aliphatic rings. The molecule has 0 radical (unpaired) electrons. The maximum Gasteiger partial charge on any atom is 0.244 e. The normalized spacial score (nSPS) is 11.8. The Labute approximate surface area is 141 Å². The Morgan fingerprint density at radius 2 is 2.24 bits per heavy atom. The maximum atomic E-state index is 12.4. The number of nitrogens with two attached hydrogens (primary N) is 1. The molecule has 0 aromatic carbocycles. The summed E-state index contributed by atoms with van der Waals surface area (Å²) in [7, 11) is -2.06. The van der Waals surface area contributed by atoms with Crippen LogP contribution >= 0.6 is 39.5 Å². The molecule has 0 atom stereocenters. The van der Waals surface area contributed by atoms with Gasteiger partial charge in [0.05, 0.1) is 9.48 Å². The van der Waals surface area contributed by atoms with E-state index in [2.05, 4.69) is 20.9 Å². The predicted octanol–water partition coefficient (Wildman–Crippen LogP) is 2.36. The van der Waals surface area contributed by atoms with Crippen LogP contribution in [-0.4, -0.2) is 29.7 Å². The second kappa shape index (κ2) is 6.49. The van der Waals surface area contributed by atoms with E-state index in [-0.39, 0.29) is 9.88 Å². The molecule has 0 bridgehead atoms. The highest BCUT2D eigenvalue weighted by molar-refractivity contribution is 9.11. The van der Waals surface area contributed by atoms with Gasteiger partial charge in [-0.05, 0) is 45.1 Å². The van der Waals surface area contributed by atoms with Gasteiger partial charge < -0.3 is 5.73 Å². The van der Waals surface area contributed by atoms with Crippen molar-refractivity contribution in [3.05, 3.63) is 44.8 Å². The highest BCUT2D eigenvalue weighted by atomic mass is 79.9. The van der Waals surface area contributed by atoms with Crippen LogP contribution in [0.4, 0.5) is 0 Å². The number of hydrogen-bond acceptors (Lipinski definition) is 5. The van der Waals surface area contributed by atoms with Crippen molar-refractivity contribution in [2.24, 2.45) is 5.73 Å². The van der Waals surface area contributed by atoms with Crippen LogP contribution in [0.5, 0.6) is 0 Å². The predicted molar refractivity (Wildman–Crippen MR) is 90.8 cm³/mol. The molecule has 2 heterocycles. The van der Waals surface area contributed by atoms with Crippen molar-refractivity contribution in [1.29, 1.82) is 0 Å². The van der Waals surface area contributed by atoms with Crippen molar-refractivity contribution < 1.29 is 8.42 Å². The second-order valence-electron chi connectivity index (χ2n) is 4.26. The van der Waals surface area contributed by atoms with Crippen LogP contribution in [0.2, 0.25) is 0 Å². The number of rotatable bonds is 5. The van der Waals surface area contributed by atoms with E-state index >= 15 is 0 Å². The van der Waals surface area contributed by atoms with Crippen LogP contribution in [-0.2, 0) is 16.6 Å². The summed E-state index contributed by atoms with van der Waals surface area (Å²) in [6.07, 6.45) is 1.27. The second-order valence-corrected chi connectivity index (χ2v) is 9.04. The molecule has 112 valence electrons. The quantitative estimate of drug-likeness (QED) is 0.772. The van der Waals surface area contributed by atoms with E-state index < -0.39 is 10.0 Å². The van der Waals surface area contributed by atoms with Gasteiger partial charge in [0.15, 0.2) is 0 Å². The van der Waals surface area contributed by atoms with Gasteiger partial charge in [-0.2, -0.15) is 4.31 Å². The van der Waals surface area contributed by atoms with Gasteiger partial charge in [0.25, 0.3) is 0 Å². The van der Waals surface area contributed by atoms with E-state index in [1.807, 2.05) is 11.4 Å². The number of aromatic nitrogens is 1. The molecule has 0 spiro atoms. The summed E-state index contributed by atoms with van der Waals surface area (Å²) in [6, 6.07) is 4.85. The minimum absolute atomic E-state index is 0.110. The summed E-state index contributed by atoms with van der Waals surface area (Å²) in [5, 5.41) is 1.91. The van der Waals surface area contributed by atoms with Crippen LogP contribution in [0.25, 0.3) is 0 Å². The number of sulfonamides is 1. The Morgan fingerprint density at radius 1 is 1.52 bits per heavy atom. The van der Waals surface area contributed by atoms with Gasteiger partial charge in [0.2, 0.25) is 10.0 Å². The maximum absolute atomic E-state index is 12.4. The molecule has 5 nitrogen and oxygen atoms in total. The first kappa shape index (κ1) is 16.5. The lowest BCUT2D eigenvalue weighted by atomic mass is 10.3. The average molecular weight is 406 g/mol. The van der Waals surface area contributed by atoms with E-state index in [1.54, 1.807) is 0 Å². The number of thiophene rings is 1. The SMILES string of the molecule is CN(Cc1csc(Br)c1)S(=O)(=O)c1ccc(C(N)=S)nc1. The molecule has 2 N–H and O–H groups in total. The molecular formula is C12H12BrN3O2S3. The van der Waals surface area contributed by atoms with E-state index in [1.165, 1.54) is 41.0 Å². The third-order valence-electron chi connectivity index (χ3n) is 2.72. The van der Waals surface area contributed by atoms with Gasteiger partial charge in [0.1, 0.15) is 9.88 Å². The highest BCUT2D eigenvalue weighted by Crippen LogP contribution is 2.23. The molecule has 0 fully saturated rings. The fraction of sp³-hybridized carbons (Fsp3) is 0.167.